The van der Waals surface area contributed by atoms with Crippen molar-refractivity contribution in [2.45, 2.75) is 26.0 Å². The molecular formula is C7H12N2O2. The highest BCUT2D eigenvalue weighted by Gasteiger charge is 2.17. The summed E-state index contributed by atoms with van der Waals surface area (Å²) in [6, 6.07) is -0.354. The van der Waals surface area contributed by atoms with Crippen LogP contribution in [0.2, 0.25) is 0 Å². The summed E-state index contributed by atoms with van der Waals surface area (Å²) in [5.74, 6) is 0.289. The van der Waals surface area contributed by atoms with Gasteiger partial charge in [-0.2, -0.15) is 0 Å². The van der Waals surface area contributed by atoms with E-state index in [1.54, 1.807) is 13.8 Å². The van der Waals surface area contributed by atoms with E-state index in [1.807, 2.05) is 0 Å². The molecule has 0 fully saturated rings. The molecule has 62 valence electrons. The fraction of sp³-hybridized carbons (Fsp3) is 0.571. The Morgan fingerprint density at radius 1 is 1.73 bits per heavy atom. The highest BCUT2D eigenvalue weighted by Crippen LogP contribution is 2.13. The van der Waals surface area contributed by atoms with Gasteiger partial charge in [-0.05, 0) is 13.8 Å². The number of oxazole rings is 1. The van der Waals surface area contributed by atoms with E-state index in [2.05, 4.69) is 4.98 Å². The van der Waals surface area contributed by atoms with Crippen molar-refractivity contribution in [3.05, 3.63) is 17.8 Å². The number of nitrogens with two attached hydrogens (primary N) is 1. The number of hydrogen-bond acceptors (Lipinski definition) is 4. The lowest BCUT2D eigenvalue weighted by Crippen LogP contribution is -2.24. The summed E-state index contributed by atoms with van der Waals surface area (Å²) >= 11 is 0. The molecule has 11 heavy (non-hydrogen) atoms. The Morgan fingerprint density at radius 3 is 2.73 bits per heavy atom. The van der Waals surface area contributed by atoms with Gasteiger partial charge in [0, 0.05) is 6.04 Å². The van der Waals surface area contributed by atoms with E-state index in [0.29, 0.717) is 0 Å². The zero-order valence-corrected chi connectivity index (χ0v) is 6.61. The summed E-state index contributed by atoms with van der Waals surface area (Å²) in [6.07, 6.45) is 0.685. The quantitative estimate of drug-likeness (QED) is 0.648. The predicted molar refractivity (Wildman–Crippen MR) is 39.8 cm³/mol. The Labute approximate surface area is 65.0 Å². The molecule has 0 aromatic carbocycles. The normalized spacial score (nSPS) is 16.4. The van der Waals surface area contributed by atoms with E-state index in [4.69, 9.17) is 10.2 Å². The van der Waals surface area contributed by atoms with Crippen LogP contribution in [0.4, 0.5) is 0 Å². The molecule has 0 aliphatic rings. The van der Waals surface area contributed by atoms with Gasteiger partial charge in [-0.25, -0.2) is 4.98 Å². The molecule has 0 radical (unpaired) electrons. The molecule has 1 rings (SSSR count). The molecule has 1 aromatic heterocycles. The number of nitrogens with zero attached hydrogens (tertiary/aromatic N) is 1. The monoisotopic (exact) mass is 156 g/mol. The van der Waals surface area contributed by atoms with Gasteiger partial charge in [0.25, 0.3) is 0 Å². The molecule has 1 heterocycles. The summed E-state index contributed by atoms with van der Waals surface area (Å²) in [6.45, 7) is 3.49. The molecule has 0 spiro atoms. The average Bonchev–Trinajstić information content (AvgIpc) is 2.34. The number of rotatable bonds is 2. The van der Waals surface area contributed by atoms with Gasteiger partial charge in [-0.15, -0.1) is 0 Å². The zero-order chi connectivity index (χ0) is 8.43. The van der Waals surface area contributed by atoms with Crippen molar-refractivity contribution in [1.82, 2.24) is 4.98 Å². The van der Waals surface area contributed by atoms with E-state index in [-0.39, 0.29) is 11.9 Å². The number of aliphatic hydroxyl groups excluding tert-OH is 1. The van der Waals surface area contributed by atoms with Gasteiger partial charge in [-0.3, -0.25) is 0 Å². The molecule has 0 saturated carbocycles. The third-order valence-electron chi connectivity index (χ3n) is 1.39. The van der Waals surface area contributed by atoms with Crippen LogP contribution in [0.1, 0.15) is 24.6 Å². The minimum Gasteiger partial charge on any atom is -0.446 e. The Morgan fingerprint density at radius 2 is 2.36 bits per heavy atom. The molecule has 4 heteroatoms. The van der Waals surface area contributed by atoms with Gasteiger partial charge in [0.15, 0.2) is 0 Å². The van der Waals surface area contributed by atoms with Crippen molar-refractivity contribution in [2.24, 2.45) is 5.73 Å². The van der Waals surface area contributed by atoms with Crippen molar-refractivity contribution in [3.8, 4) is 0 Å². The van der Waals surface area contributed by atoms with Crippen LogP contribution in [0.5, 0.6) is 0 Å². The second-order valence-corrected chi connectivity index (χ2v) is 2.63. The minimum atomic E-state index is -0.802. The lowest BCUT2D eigenvalue weighted by Gasteiger charge is -2.08. The van der Waals surface area contributed by atoms with E-state index in [1.165, 1.54) is 6.26 Å². The van der Waals surface area contributed by atoms with Crippen LogP contribution >= 0.6 is 0 Å². The number of aliphatic hydroxyl groups is 1. The van der Waals surface area contributed by atoms with Crippen LogP contribution in [0.15, 0.2) is 10.7 Å². The maximum atomic E-state index is 9.33. The summed E-state index contributed by atoms with van der Waals surface area (Å²) in [5.41, 5.74) is 6.18. The Balaban J connectivity index is 2.76. The lowest BCUT2D eigenvalue weighted by atomic mass is 10.2. The third kappa shape index (κ3) is 1.78. The maximum Gasteiger partial charge on any atom is 0.224 e. The first kappa shape index (κ1) is 8.23. The Kier molecular flexibility index (Phi) is 2.26. The molecule has 0 amide bonds. The Bertz CT molecular complexity index is 232. The second-order valence-electron chi connectivity index (χ2n) is 2.63. The molecule has 1 aromatic rings. The minimum absolute atomic E-state index is 0.289. The number of aryl methyl sites for hydroxylation is 1. The molecule has 0 saturated heterocycles. The van der Waals surface area contributed by atoms with Gasteiger partial charge in [0.1, 0.15) is 12.4 Å². The molecule has 0 bridgehead atoms. The smallest absolute Gasteiger partial charge is 0.224 e. The van der Waals surface area contributed by atoms with E-state index in [9.17, 15) is 5.11 Å². The maximum absolute atomic E-state index is 9.33. The van der Waals surface area contributed by atoms with Crippen LogP contribution < -0.4 is 5.73 Å². The summed E-state index contributed by atoms with van der Waals surface area (Å²) < 4.78 is 4.95. The van der Waals surface area contributed by atoms with E-state index >= 15 is 0 Å². The highest BCUT2D eigenvalue weighted by molar-refractivity contribution is 4.97. The number of aromatic nitrogens is 1. The fourth-order valence-corrected chi connectivity index (χ4v) is 0.733. The fourth-order valence-electron chi connectivity index (χ4n) is 0.733. The molecule has 0 aliphatic heterocycles. The van der Waals surface area contributed by atoms with E-state index in [0.717, 1.165) is 5.69 Å². The summed E-state index contributed by atoms with van der Waals surface area (Å²) in [7, 11) is 0. The molecule has 0 aliphatic carbocycles. The van der Waals surface area contributed by atoms with Crippen molar-refractivity contribution in [1.29, 1.82) is 0 Å². The lowest BCUT2D eigenvalue weighted by molar-refractivity contribution is 0.121. The average molecular weight is 156 g/mol. The van der Waals surface area contributed by atoms with Crippen LogP contribution in [0.3, 0.4) is 0 Å². The molecule has 4 nitrogen and oxygen atoms in total. The molecule has 2 unspecified atom stereocenters. The SMILES string of the molecule is Cc1coc(C(O)C(C)N)n1. The van der Waals surface area contributed by atoms with Gasteiger partial charge in [0.2, 0.25) is 5.89 Å². The van der Waals surface area contributed by atoms with Gasteiger partial charge in [-0.1, -0.05) is 0 Å². The number of hydrogen-bond donors (Lipinski definition) is 2. The summed E-state index contributed by atoms with van der Waals surface area (Å²) in [5, 5.41) is 9.33. The Hall–Kier alpha value is -0.870. The van der Waals surface area contributed by atoms with Crippen LogP contribution in [0.25, 0.3) is 0 Å². The highest BCUT2D eigenvalue weighted by atomic mass is 16.4. The molecule has 3 N–H and O–H groups in total. The first-order valence-electron chi connectivity index (χ1n) is 3.47. The first-order chi connectivity index (χ1) is 5.11. The summed E-state index contributed by atoms with van der Waals surface area (Å²) in [4.78, 5) is 3.94. The van der Waals surface area contributed by atoms with Crippen LogP contribution in [-0.2, 0) is 0 Å². The van der Waals surface area contributed by atoms with Crippen molar-refractivity contribution in [3.63, 3.8) is 0 Å². The molecule has 2 atom stereocenters. The van der Waals surface area contributed by atoms with Crippen LogP contribution in [-0.4, -0.2) is 16.1 Å². The van der Waals surface area contributed by atoms with Crippen molar-refractivity contribution < 1.29 is 9.52 Å². The molecular weight excluding hydrogens is 144 g/mol. The van der Waals surface area contributed by atoms with Crippen LogP contribution in [0, 0.1) is 6.92 Å². The topological polar surface area (TPSA) is 72.3 Å². The second kappa shape index (κ2) is 3.02. The first-order valence-corrected chi connectivity index (χ1v) is 3.47. The standard InChI is InChI=1S/C7H12N2O2/c1-4-3-11-7(9-4)6(10)5(2)8/h3,5-6,10H,8H2,1-2H3. The van der Waals surface area contributed by atoms with Gasteiger partial charge in [0.05, 0.1) is 5.69 Å². The van der Waals surface area contributed by atoms with E-state index < -0.39 is 6.10 Å². The third-order valence-corrected chi connectivity index (χ3v) is 1.39. The zero-order valence-electron chi connectivity index (χ0n) is 6.61. The van der Waals surface area contributed by atoms with Gasteiger partial charge < -0.3 is 15.3 Å². The largest absolute Gasteiger partial charge is 0.446 e. The van der Waals surface area contributed by atoms with Gasteiger partial charge >= 0.3 is 0 Å². The predicted octanol–water partition coefficient (Wildman–Crippen LogP) is 0.364. The van der Waals surface area contributed by atoms with Crippen molar-refractivity contribution in [2.75, 3.05) is 0 Å². The van der Waals surface area contributed by atoms with Crippen molar-refractivity contribution >= 4 is 0 Å².